The number of carboxylic acid groups (broad SMARTS) is 3. The molecular weight excluding hydrogens is 869 g/mol. The molecule has 16 N–H and O–H groups in total. The number of fused-ring (bicyclic) bond motifs is 2. The first-order chi connectivity index (χ1) is 31.4. The van der Waals surface area contributed by atoms with E-state index in [0.717, 1.165) is 11.4 Å². The average molecular weight is 919 g/mol. The standard InChI is InChI=1S/2C20H25N7O6/c1-27-12(9-23-16-15(27)18(31)26-20(21)25-16)8-22-11-4-2-10(3-5-11)17(30)24-13(19(32)33)6-7-14(28)29;1-33-14(28)7-6-13(19(31)32)25-17(29)10-2-4-11(5-3-10)22-8-12-9-23-16-15(24-12)18(30)27-20(21)26-16/h2-5,12-13,22H,6-9H2,1H3,(H,24,30)(H,28,29)(H,32,33)(H4,21,23,25,26,31);2-5,12-13,22,24H,6-9H2,1H3,(H,25,29)(H,31,32)(H4,21,23,26,27,30)/t2*12?,13-/m00/s1. The van der Waals surface area contributed by atoms with Crippen LogP contribution in [0.5, 0.6) is 0 Å². The monoisotopic (exact) mass is 918 g/mol. The lowest BCUT2D eigenvalue weighted by Gasteiger charge is -2.35. The number of H-pyrrole nitrogens is 2. The minimum absolute atomic E-state index is 0.0342. The molecule has 2 unspecified atom stereocenters. The Morgan fingerprint density at radius 1 is 0.742 bits per heavy atom. The summed E-state index contributed by atoms with van der Waals surface area (Å²) in [4.78, 5) is 108. The van der Waals surface area contributed by atoms with Crippen molar-refractivity contribution in [1.29, 1.82) is 0 Å². The predicted octanol–water partition coefficient (Wildman–Crippen LogP) is -0.451. The molecule has 0 saturated heterocycles. The lowest BCUT2D eigenvalue weighted by atomic mass is 10.1. The van der Waals surface area contributed by atoms with Crippen molar-refractivity contribution < 1.29 is 48.8 Å². The number of benzene rings is 2. The van der Waals surface area contributed by atoms with E-state index in [4.69, 9.17) is 16.6 Å². The Morgan fingerprint density at radius 3 is 1.77 bits per heavy atom. The number of ether oxygens (including phenoxy) is 1. The molecule has 2 aromatic heterocycles. The molecule has 0 spiro atoms. The van der Waals surface area contributed by atoms with Crippen molar-refractivity contribution in [3.05, 3.63) is 80.4 Å². The number of nitrogens with zero attached hydrogens (tertiary/aromatic N) is 3. The number of nitrogens with one attached hydrogen (secondary N) is 9. The minimum atomic E-state index is -1.30. The van der Waals surface area contributed by atoms with Gasteiger partial charge in [-0.25, -0.2) is 9.59 Å². The molecule has 2 aliphatic rings. The van der Waals surface area contributed by atoms with Gasteiger partial charge in [0, 0.05) is 68.6 Å². The van der Waals surface area contributed by atoms with Gasteiger partial charge in [-0.1, -0.05) is 0 Å². The second-order valence-electron chi connectivity index (χ2n) is 14.9. The summed E-state index contributed by atoms with van der Waals surface area (Å²) < 4.78 is 4.49. The maximum absolute atomic E-state index is 12.4. The van der Waals surface area contributed by atoms with Crippen LogP contribution in [0, 0.1) is 0 Å². The fourth-order valence-corrected chi connectivity index (χ4v) is 6.61. The number of carbonyl (C=O) groups excluding carboxylic acids is 3. The third-order valence-electron chi connectivity index (χ3n) is 10.2. The van der Waals surface area contributed by atoms with E-state index in [1.165, 1.54) is 19.2 Å². The van der Waals surface area contributed by atoms with Gasteiger partial charge in [0.05, 0.1) is 19.2 Å². The fraction of sp³-hybridized carbons (Fsp3) is 0.350. The highest BCUT2D eigenvalue weighted by molar-refractivity contribution is 5.97. The molecule has 2 aromatic carbocycles. The van der Waals surface area contributed by atoms with E-state index in [2.05, 4.69) is 61.9 Å². The molecule has 26 nitrogen and oxygen atoms in total. The van der Waals surface area contributed by atoms with Gasteiger partial charge in [-0.3, -0.25) is 38.7 Å². The SMILES string of the molecule is CN1c2c(nc(N)[nH]c2=O)NCC1CNc1ccc(C(=O)N[C@@H](CCC(=O)O)C(=O)O)cc1.COC(=O)CC[C@H](NC(=O)c1ccc(NCC2CNc3nc(N)[nH]c(=O)c3N2)cc1)C(=O)O. The van der Waals surface area contributed by atoms with E-state index in [-0.39, 0.29) is 71.9 Å². The molecule has 2 amide bonds. The van der Waals surface area contributed by atoms with Crippen molar-refractivity contribution in [3.63, 3.8) is 0 Å². The van der Waals surface area contributed by atoms with Crippen LogP contribution in [0.4, 0.5) is 46.3 Å². The van der Waals surface area contributed by atoms with Gasteiger partial charge in [0.15, 0.2) is 11.6 Å². The van der Waals surface area contributed by atoms with E-state index in [1.807, 2.05) is 4.90 Å². The summed E-state index contributed by atoms with van der Waals surface area (Å²) in [6.45, 7) is 1.99. The number of carbonyl (C=O) groups is 6. The molecule has 4 atom stereocenters. The smallest absolute Gasteiger partial charge is 0.326 e. The lowest BCUT2D eigenvalue weighted by Crippen LogP contribution is -2.48. The number of aromatic amines is 2. The maximum Gasteiger partial charge on any atom is 0.326 e. The summed E-state index contributed by atoms with van der Waals surface area (Å²) in [5.41, 5.74) is 13.1. The van der Waals surface area contributed by atoms with Gasteiger partial charge in [-0.05, 0) is 61.4 Å². The number of nitrogens with two attached hydrogens (primary N) is 2. The second kappa shape index (κ2) is 22.2. The van der Waals surface area contributed by atoms with Crippen LogP contribution in [-0.2, 0) is 23.9 Å². The van der Waals surface area contributed by atoms with Crippen LogP contribution in [0.1, 0.15) is 46.4 Å². The van der Waals surface area contributed by atoms with Crippen molar-refractivity contribution in [2.45, 2.75) is 49.9 Å². The number of likely N-dealkylation sites (N-methyl/N-ethyl adjacent to an activating group) is 1. The summed E-state index contributed by atoms with van der Waals surface area (Å²) in [5, 5.41) is 47.6. The van der Waals surface area contributed by atoms with Crippen LogP contribution in [-0.4, -0.2) is 135 Å². The molecule has 4 aromatic rings. The van der Waals surface area contributed by atoms with Gasteiger partial charge in [0.25, 0.3) is 22.9 Å². The number of anilines is 8. The van der Waals surface area contributed by atoms with Gasteiger partial charge in [0.2, 0.25) is 11.9 Å². The van der Waals surface area contributed by atoms with Crippen LogP contribution in [0.25, 0.3) is 0 Å². The number of esters is 1. The Hall–Kier alpha value is -8.58. The largest absolute Gasteiger partial charge is 0.481 e. The number of hydrogen-bond donors (Lipinski definition) is 14. The van der Waals surface area contributed by atoms with Crippen LogP contribution in [0.3, 0.4) is 0 Å². The zero-order valence-corrected chi connectivity index (χ0v) is 35.6. The number of aliphatic carboxylic acids is 3. The lowest BCUT2D eigenvalue weighted by molar-refractivity contribution is -0.143. The molecular formula is C40H50N14O12. The van der Waals surface area contributed by atoms with Gasteiger partial charge in [-0.2, -0.15) is 9.97 Å². The molecule has 6 rings (SSSR count). The molecule has 26 heteroatoms. The van der Waals surface area contributed by atoms with Crippen LogP contribution in [0.2, 0.25) is 0 Å². The highest BCUT2D eigenvalue weighted by atomic mass is 16.5. The molecule has 4 heterocycles. The van der Waals surface area contributed by atoms with Crippen molar-refractivity contribution in [3.8, 4) is 0 Å². The zero-order chi connectivity index (χ0) is 48.1. The Bertz CT molecular complexity index is 2530. The number of methoxy groups -OCH3 is 1. The third kappa shape index (κ3) is 13.2. The van der Waals surface area contributed by atoms with Crippen LogP contribution >= 0.6 is 0 Å². The van der Waals surface area contributed by atoms with Crippen LogP contribution < -0.4 is 64.7 Å². The van der Waals surface area contributed by atoms with E-state index in [9.17, 15) is 48.6 Å². The number of hydrogen-bond acceptors (Lipinski definition) is 19. The van der Waals surface area contributed by atoms with Crippen molar-refractivity contribution in [2.24, 2.45) is 0 Å². The molecule has 0 bridgehead atoms. The Balaban J connectivity index is 0.000000247. The predicted molar refractivity (Wildman–Crippen MR) is 241 cm³/mol. The summed E-state index contributed by atoms with van der Waals surface area (Å²) in [6, 6.07) is 10.2. The van der Waals surface area contributed by atoms with Gasteiger partial charge in [-0.15, -0.1) is 0 Å². The quantitative estimate of drug-likeness (QED) is 0.0562. The van der Waals surface area contributed by atoms with E-state index >= 15 is 0 Å². The third-order valence-corrected chi connectivity index (χ3v) is 10.2. The number of nitrogen functional groups attached to an aromatic ring is 2. The number of aromatic nitrogens is 4. The first kappa shape index (κ1) is 48.5. The molecule has 352 valence electrons. The van der Waals surface area contributed by atoms with Crippen LogP contribution in [0.15, 0.2) is 58.1 Å². The second-order valence-corrected chi connectivity index (χ2v) is 14.9. The van der Waals surface area contributed by atoms with E-state index in [1.54, 1.807) is 43.4 Å². The number of rotatable bonds is 18. The number of amides is 2. The highest BCUT2D eigenvalue weighted by Crippen LogP contribution is 2.25. The summed E-state index contributed by atoms with van der Waals surface area (Å²) in [6.07, 6.45) is -0.790. The number of carboxylic acids is 3. The molecule has 0 fully saturated rings. The topological polar surface area (TPSA) is 403 Å². The molecule has 0 radical (unpaired) electrons. The first-order valence-electron chi connectivity index (χ1n) is 20.2. The van der Waals surface area contributed by atoms with E-state index < -0.39 is 47.8 Å². The summed E-state index contributed by atoms with van der Waals surface area (Å²) >= 11 is 0. The summed E-state index contributed by atoms with van der Waals surface area (Å²) in [7, 11) is 3.00. The van der Waals surface area contributed by atoms with Gasteiger partial charge in [0.1, 0.15) is 23.5 Å². The van der Waals surface area contributed by atoms with Gasteiger partial charge < -0.3 is 73.6 Å². The summed E-state index contributed by atoms with van der Waals surface area (Å²) in [5.74, 6) is -4.52. The Labute approximate surface area is 374 Å². The molecule has 66 heavy (non-hydrogen) atoms. The molecule has 0 aliphatic carbocycles. The first-order valence-corrected chi connectivity index (χ1v) is 20.2. The average Bonchev–Trinajstić information content (AvgIpc) is 3.28. The van der Waals surface area contributed by atoms with Crippen molar-refractivity contribution >= 4 is 82.0 Å². The van der Waals surface area contributed by atoms with Gasteiger partial charge >= 0.3 is 23.9 Å². The Kier molecular flexibility index (Phi) is 16.3. The molecule has 0 saturated carbocycles. The van der Waals surface area contributed by atoms with Crippen molar-refractivity contribution in [2.75, 3.05) is 83.3 Å². The normalized spacial score (nSPS) is 15.5. The van der Waals surface area contributed by atoms with Crippen molar-refractivity contribution in [1.82, 2.24) is 30.6 Å². The fourth-order valence-electron chi connectivity index (χ4n) is 6.61. The van der Waals surface area contributed by atoms with E-state index in [0.29, 0.717) is 49.2 Å². The molecule has 2 aliphatic heterocycles. The highest BCUT2D eigenvalue weighted by Gasteiger charge is 2.28. The zero-order valence-electron chi connectivity index (χ0n) is 35.6. The maximum atomic E-state index is 12.4. The minimum Gasteiger partial charge on any atom is -0.481 e. The Morgan fingerprint density at radius 2 is 1.24 bits per heavy atom.